The fraction of sp³-hybridized carbons (Fsp3) is 0.222. The van der Waals surface area contributed by atoms with E-state index in [4.69, 9.17) is 0 Å². The molecule has 1 atom stereocenters. The van der Waals surface area contributed by atoms with Crippen molar-refractivity contribution in [1.29, 1.82) is 0 Å². The average Bonchev–Trinajstić information content (AvgIpc) is 2.59. The smallest absolute Gasteiger partial charge is 0.389 e. The van der Waals surface area contributed by atoms with Gasteiger partial charge in [-0.25, -0.2) is 9.97 Å². The van der Waals surface area contributed by atoms with E-state index in [0.717, 1.165) is 0 Å². The van der Waals surface area contributed by atoms with Gasteiger partial charge in [0, 0.05) is 30.4 Å². The van der Waals surface area contributed by atoms with E-state index in [2.05, 4.69) is 27.1 Å². The Hall–Kier alpha value is -3.45. The third kappa shape index (κ3) is 5.52. The summed E-state index contributed by atoms with van der Waals surface area (Å²) >= 11 is 0. The van der Waals surface area contributed by atoms with Crippen LogP contribution in [0.3, 0.4) is 0 Å². The molecule has 10 heteroatoms. The van der Waals surface area contributed by atoms with Crippen molar-refractivity contribution < 1.29 is 27.9 Å². The van der Waals surface area contributed by atoms with Crippen molar-refractivity contribution in [3.8, 4) is 11.8 Å². The first kappa shape index (κ1) is 20.9. The quantitative estimate of drug-likeness (QED) is 0.696. The lowest BCUT2D eigenvalue weighted by molar-refractivity contribution is -0.167. The van der Waals surface area contributed by atoms with Crippen LogP contribution in [0.4, 0.5) is 24.7 Å². The first-order valence-corrected chi connectivity index (χ1v) is 7.88. The van der Waals surface area contributed by atoms with E-state index >= 15 is 0 Å². The third-order valence-corrected chi connectivity index (χ3v) is 3.32. The van der Waals surface area contributed by atoms with Gasteiger partial charge < -0.3 is 15.7 Å². The Balaban J connectivity index is 2.44. The molecule has 2 rings (SSSR count). The van der Waals surface area contributed by atoms with Gasteiger partial charge >= 0.3 is 12.1 Å². The minimum atomic E-state index is -5.12. The van der Waals surface area contributed by atoms with Crippen LogP contribution in [0.5, 0.6) is 0 Å². The molecule has 146 valence electrons. The highest BCUT2D eigenvalue weighted by Crippen LogP contribution is 2.27. The average molecular weight is 392 g/mol. The number of hydrogen-bond acceptors (Lipinski definition) is 5. The number of aliphatic hydroxyl groups excluding tert-OH is 1. The molecule has 2 aromatic rings. The summed E-state index contributed by atoms with van der Waals surface area (Å²) in [5, 5.41) is 14.0. The SMILES string of the molecule is CC(=O)Nc1cc(C#Cc2nccc(C(C)O)c2NC(=O)C(F)(F)F)ccn1. The van der Waals surface area contributed by atoms with Gasteiger partial charge in [-0.3, -0.25) is 9.59 Å². The number of nitrogens with one attached hydrogen (secondary N) is 2. The second kappa shape index (κ2) is 8.49. The first-order valence-electron chi connectivity index (χ1n) is 7.88. The fourth-order valence-corrected chi connectivity index (χ4v) is 2.12. The number of rotatable bonds is 3. The summed E-state index contributed by atoms with van der Waals surface area (Å²) in [4.78, 5) is 30.2. The molecule has 7 nitrogen and oxygen atoms in total. The summed E-state index contributed by atoms with van der Waals surface area (Å²) < 4.78 is 37.9. The Bertz CT molecular complexity index is 963. The molecule has 0 spiro atoms. The zero-order chi connectivity index (χ0) is 20.9. The van der Waals surface area contributed by atoms with Crippen LogP contribution in [0, 0.1) is 11.8 Å². The number of nitrogens with zero attached hydrogens (tertiary/aromatic N) is 2. The lowest BCUT2D eigenvalue weighted by atomic mass is 10.1. The van der Waals surface area contributed by atoms with E-state index in [1.807, 2.05) is 0 Å². The highest BCUT2D eigenvalue weighted by Gasteiger charge is 2.39. The molecule has 0 aliphatic heterocycles. The van der Waals surface area contributed by atoms with Crippen LogP contribution in [-0.4, -0.2) is 33.1 Å². The molecule has 2 heterocycles. The first-order chi connectivity index (χ1) is 13.1. The number of anilines is 2. The molecule has 1 unspecified atom stereocenters. The third-order valence-electron chi connectivity index (χ3n) is 3.32. The minimum absolute atomic E-state index is 0.0329. The van der Waals surface area contributed by atoms with Gasteiger partial charge in [0.1, 0.15) is 11.5 Å². The maximum absolute atomic E-state index is 12.6. The van der Waals surface area contributed by atoms with Crippen molar-refractivity contribution >= 4 is 23.3 Å². The Kier molecular flexibility index (Phi) is 6.33. The number of carbonyl (C=O) groups is 2. The van der Waals surface area contributed by atoms with Gasteiger partial charge in [0.2, 0.25) is 5.91 Å². The molecular formula is C18H15F3N4O3. The van der Waals surface area contributed by atoms with Crippen LogP contribution in [-0.2, 0) is 9.59 Å². The molecule has 3 N–H and O–H groups in total. The predicted octanol–water partition coefficient (Wildman–Crippen LogP) is 2.39. The molecule has 0 aliphatic carbocycles. The van der Waals surface area contributed by atoms with Crippen molar-refractivity contribution in [2.24, 2.45) is 0 Å². The Labute approximate surface area is 158 Å². The van der Waals surface area contributed by atoms with Gasteiger partial charge in [-0.2, -0.15) is 13.2 Å². The molecule has 0 aliphatic rings. The second-order valence-corrected chi connectivity index (χ2v) is 5.61. The van der Waals surface area contributed by atoms with Crippen LogP contribution in [0.2, 0.25) is 0 Å². The van der Waals surface area contributed by atoms with Gasteiger partial charge in [0.15, 0.2) is 0 Å². The normalized spacial score (nSPS) is 11.8. The lowest BCUT2D eigenvalue weighted by Crippen LogP contribution is -2.31. The number of alkyl halides is 3. The number of hydrogen-bond donors (Lipinski definition) is 3. The maximum Gasteiger partial charge on any atom is 0.471 e. The summed E-state index contributed by atoms with van der Waals surface area (Å²) in [6.45, 7) is 2.64. The van der Waals surface area contributed by atoms with Crippen LogP contribution in [0.15, 0.2) is 30.6 Å². The molecule has 0 fully saturated rings. The topological polar surface area (TPSA) is 104 Å². The molecule has 0 saturated heterocycles. The van der Waals surface area contributed by atoms with E-state index in [-0.39, 0.29) is 28.7 Å². The van der Waals surface area contributed by atoms with Gasteiger partial charge in [-0.05, 0) is 31.0 Å². The molecule has 2 amide bonds. The fourth-order valence-electron chi connectivity index (χ4n) is 2.12. The summed E-state index contributed by atoms with van der Waals surface area (Å²) in [6, 6.07) is 4.26. The molecular weight excluding hydrogens is 377 g/mol. The molecule has 0 radical (unpaired) electrons. The van der Waals surface area contributed by atoms with Crippen molar-refractivity contribution in [3.63, 3.8) is 0 Å². The predicted molar refractivity (Wildman–Crippen MR) is 94.1 cm³/mol. The summed E-state index contributed by atoms with van der Waals surface area (Å²) in [5.74, 6) is 2.95. The number of pyridine rings is 2. The van der Waals surface area contributed by atoms with Gasteiger partial charge in [0.05, 0.1) is 11.8 Å². The standard InChI is InChI=1S/C18H15F3N4O3/c1-10(26)13-6-8-22-14(16(13)25-17(28)18(19,20)21)4-3-12-5-7-23-15(9-12)24-11(2)27/h5-10,26H,1-2H3,(H,25,28)(H,23,24,27). The van der Waals surface area contributed by atoms with E-state index < -0.39 is 18.2 Å². The summed E-state index contributed by atoms with van der Waals surface area (Å²) in [6.07, 6.45) is -3.64. The zero-order valence-electron chi connectivity index (χ0n) is 14.8. The second-order valence-electron chi connectivity index (χ2n) is 5.61. The molecule has 0 saturated carbocycles. The number of amides is 2. The highest BCUT2D eigenvalue weighted by molar-refractivity contribution is 5.96. The minimum Gasteiger partial charge on any atom is -0.389 e. The Morgan fingerprint density at radius 1 is 1.14 bits per heavy atom. The number of carbonyl (C=O) groups excluding carboxylic acids is 2. The summed E-state index contributed by atoms with van der Waals surface area (Å²) in [5.41, 5.74) is -0.0565. The zero-order valence-corrected chi connectivity index (χ0v) is 14.8. The number of halogens is 3. The van der Waals surface area contributed by atoms with E-state index in [0.29, 0.717) is 5.56 Å². The van der Waals surface area contributed by atoms with Gasteiger partial charge in [-0.15, -0.1) is 0 Å². The van der Waals surface area contributed by atoms with Crippen molar-refractivity contribution in [2.75, 3.05) is 10.6 Å². The number of aromatic nitrogens is 2. The van der Waals surface area contributed by atoms with Crippen molar-refractivity contribution in [1.82, 2.24) is 9.97 Å². The van der Waals surface area contributed by atoms with Crippen molar-refractivity contribution in [2.45, 2.75) is 26.1 Å². The summed E-state index contributed by atoms with van der Waals surface area (Å²) in [7, 11) is 0. The lowest BCUT2D eigenvalue weighted by Gasteiger charge is -2.15. The monoisotopic (exact) mass is 392 g/mol. The van der Waals surface area contributed by atoms with E-state index in [1.165, 1.54) is 44.4 Å². The molecule has 0 aromatic carbocycles. The van der Waals surface area contributed by atoms with Crippen LogP contribution < -0.4 is 10.6 Å². The Morgan fingerprint density at radius 3 is 2.43 bits per heavy atom. The van der Waals surface area contributed by atoms with Gasteiger partial charge in [0.25, 0.3) is 0 Å². The van der Waals surface area contributed by atoms with Crippen molar-refractivity contribution in [3.05, 3.63) is 47.4 Å². The van der Waals surface area contributed by atoms with Crippen LogP contribution in [0.1, 0.15) is 36.8 Å². The molecule has 0 bridgehead atoms. The Morgan fingerprint density at radius 2 is 1.82 bits per heavy atom. The van der Waals surface area contributed by atoms with E-state index in [1.54, 1.807) is 5.32 Å². The van der Waals surface area contributed by atoms with Crippen LogP contribution >= 0.6 is 0 Å². The number of aliphatic hydroxyl groups is 1. The largest absolute Gasteiger partial charge is 0.471 e. The highest BCUT2D eigenvalue weighted by atomic mass is 19.4. The molecule has 28 heavy (non-hydrogen) atoms. The maximum atomic E-state index is 12.6. The van der Waals surface area contributed by atoms with E-state index in [9.17, 15) is 27.9 Å². The van der Waals surface area contributed by atoms with Crippen LogP contribution in [0.25, 0.3) is 0 Å². The molecule has 2 aromatic heterocycles. The van der Waals surface area contributed by atoms with Gasteiger partial charge in [-0.1, -0.05) is 5.92 Å².